The molecule has 0 bridgehead atoms. The second kappa shape index (κ2) is 5.60. The van der Waals surface area contributed by atoms with E-state index in [0.717, 1.165) is 0 Å². The van der Waals surface area contributed by atoms with Gasteiger partial charge in [0, 0.05) is 16.9 Å². The number of benzene rings is 1. The summed E-state index contributed by atoms with van der Waals surface area (Å²) in [4.78, 5) is 37.5. The number of nitrogens with one attached hydrogen (secondary N) is 3. The highest BCUT2D eigenvalue weighted by molar-refractivity contribution is 7.92. The van der Waals surface area contributed by atoms with Crippen LogP contribution in [0.3, 0.4) is 0 Å². The lowest BCUT2D eigenvalue weighted by Gasteiger charge is -2.09. The minimum Gasteiger partial charge on any atom is -0.310 e. The first-order valence-corrected chi connectivity index (χ1v) is 7.66. The summed E-state index contributed by atoms with van der Waals surface area (Å²) in [6, 6.07) is 5.74. The summed E-state index contributed by atoms with van der Waals surface area (Å²) in [5, 5.41) is 0. The fourth-order valence-corrected chi connectivity index (χ4v) is 3.19. The number of carbonyl (C=O) groups excluding carboxylic acids is 1. The number of aromatic nitrogens is 2. The number of anilines is 1. The lowest BCUT2D eigenvalue weighted by atomic mass is 10.1. The zero-order valence-corrected chi connectivity index (χ0v) is 12.6. The van der Waals surface area contributed by atoms with E-state index in [0.29, 0.717) is 5.56 Å². The maximum absolute atomic E-state index is 12.3. The molecule has 0 aliphatic rings. The molecule has 0 amide bonds. The molecule has 0 aliphatic heterocycles. The van der Waals surface area contributed by atoms with E-state index >= 15 is 0 Å². The lowest BCUT2D eigenvalue weighted by molar-refractivity contribution is 0.101. The first-order chi connectivity index (χ1) is 10.2. The second-order valence-electron chi connectivity index (χ2n) is 4.60. The van der Waals surface area contributed by atoms with Crippen LogP contribution < -0.4 is 16.0 Å². The minimum absolute atomic E-state index is 0.0680. The Morgan fingerprint density at radius 1 is 1.09 bits per heavy atom. The zero-order chi connectivity index (χ0) is 16.5. The molecule has 0 saturated heterocycles. The molecule has 1 aromatic carbocycles. The first kappa shape index (κ1) is 15.7. The van der Waals surface area contributed by atoms with Crippen molar-refractivity contribution in [3.8, 4) is 0 Å². The highest BCUT2D eigenvalue weighted by Gasteiger charge is 2.22. The van der Waals surface area contributed by atoms with Gasteiger partial charge in [0.05, 0.1) is 0 Å². The fourth-order valence-electron chi connectivity index (χ4n) is 1.89. The predicted octanol–water partition coefficient (Wildman–Crippen LogP) is 0.375. The van der Waals surface area contributed by atoms with Gasteiger partial charge in [-0.1, -0.05) is 0 Å². The van der Waals surface area contributed by atoms with Gasteiger partial charge >= 0.3 is 5.69 Å². The third kappa shape index (κ3) is 3.14. The van der Waals surface area contributed by atoms with Crippen LogP contribution in [0.25, 0.3) is 0 Å². The number of hydrogen-bond donors (Lipinski definition) is 3. The SMILES string of the molecule is CC(=O)c1ccc(NS(=O)(=O)c2c(C)[nH]c(=O)[nH]c2=O)cc1. The third-order valence-corrected chi connectivity index (χ3v) is 4.42. The largest absolute Gasteiger partial charge is 0.325 e. The highest BCUT2D eigenvalue weighted by Crippen LogP contribution is 2.15. The van der Waals surface area contributed by atoms with Crippen LogP contribution >= 0.6 is 0 Å². The van der Waals surface area contributed by atoms with Gasteiger partial charge in [0.2, 0.25) is 0 Å². The van der Waals surface area contributed by atoms with Gasteiger partial charge < -0.3 is 4.98 Å². The number of aryl methyl sites for hydroxylation is 1. The van der Waals surface area contributed by atoms with E-state index in [4.69, 9.17) is 0 Å². The highest BCUT2D eigenvalue weighted by atomic mass is 32.2. The number of rotatable bonds is 4. The molecule has 2 rings (SSSR count). The number of Topliss-reactive ketones (excluding diaryl/α,β-unsaturated/α-hetero) is 1. The van der Waals surface area contributed by atoms with Crippen LogP contribution in [0.5, 0.6) is 0 Å². The maximum atomic E-state index is 12.3. The monoisotopic (exact) mass is 323 g/mol. The number of ketones is 1. The Bertz CT molecular complexity index is 939. The summed E-state index contributed by atoms with van der Waals surface area (Å²) in [6.07, 6.45) is 0. The van der Waals surface area contributed by atoms with Crippen LogP contribution in [0.4, 0.5) is 5.69 Å². The number of H-pyrrole nitrogens is 2. The predicted molar refractivity (Wildman–Crippen MR) is 79.7 cm³/mol. The van der Waals surface area contributed by atoms with Crippen molar-refractivity contribution in [1.82, 2.24) is 9.97 Å². The van der Waals surface area contributed by atoms with Crippen molar-refractivity contribution >= 4 is 21.5 Å². The molecule has 22 heavy (non-hydrogen) atoms. The smallest absolute Gasteiger partial charge is 0.310 e. The molecule has 3 N–H and O–H groups in total. The Labute approximate surface area is 125 Å². The van der Waals surface area contributed by atoms with Crippen LogP contribution in [-0.2, 0) is 10.0 Å². The van der Waals surface area contributed by atoms with Gasteiger partial charge in [0.1, 0.15) is 0 Å². The van der Waals surface area contributed by atoms with Crippen molar-refractivity contribution in [3.63, 3.8) is 0 Å². The molecular weight excluding hydrogens is 310 g/mol. The van der Waals surface area contributed by atoms with E-state index in [9.17, 15) is 22.8 Å². The molecule has 8 nitrogen and oxygen atoms in total. The Hall–Kier alpha value is -2.68. The number of aromatic amines is 2. The fraction of sp³-hybridized carbons (Fsp3) is 0.154. The summed E-state index contributed by atoms with van der Waals surface area (Å²) in [5.41, 5.74) is -1.24. The van der Waals surface area contributed by atoms with Crippen LogP contribution in [0.1, 0.15) is 23.0 Å². The van der Waals surface area contributed by atoms with Crippen molar-refractivity contribution in [2.75, 3.05) is 4.72 Å². The molecule has 116 valence electrons. The average Bonchev–Trinajstić information content (AvgIpc) is 2.36. The Morgan fingerprint density at radius 2 is 1.68 bits per heavy atom. The molecule has 0 aliphatic carbocycles. The van der Waals surface area contributed by atoms with Crippen molar-refractivity contribution in [2.45, 2.75) is 18.7 Å². The number of sulfonamides is 1. The number of hydrogen-bond acceptors (Lipinski definition) is 5. The van der Waals surface area contributed by atoms with E-state index < -0.39 is 26.2 Å². The number of carbonyl (C=O) groups is 1. The van der Waals surface area contributed by atoms with E-state index in [1.165, 1.54) is 38.1 Å². The molecule has 2 aromatic rings. The topological polar surface area (TPSA) is 129 Å². The Morgan fingerprint density at radius 3 is 2.18 bits per heavy atom. The quantitative estimate of drug-likeness (QED) is 0.700. The minimum atomic E-state index is -4.17. The van der Waals surface area contributed by atoms with Crippen molar-refractivity contribution in [3.05, 3.63) is 56.4 Å². The van der Waals surface area contributed by atoms with Crippen molar-refractivity contribution in [1.29, 1.82) is 0 Å². The molecule has 1 aromatic heterocycles. The van der Waals surface area contributed by atoms with Crippen LogP contribution in [-0.4, -0.2) is 24.2 Å². The molecule has 0 unspecified atom stereocenters. The van der Waals surface area contributed by atoms with E-state index in [1.54, 1.807) is 0 Å². The van der Waals surface area contributed by atoms with Gasteiger partial charge in [-0.3, -0.25) is 19.3 Å². The van der Waals surface area contributed by atoms with E-state index in [2.05, 4.69) is 9.71 Å². The van der Waals surface area contributed by atoms with Crippen LogP contribution in [0.2, 0.25) is 0 Å². The van der Waals surface area contributed by atoms with Crippen LogP contribution in [0, 0.1) is 6.92 Å². The molecule has 0 spiro atoms. The average molecular weight is 323 g/mol. The van der Waals surface area contributed by atoms with Gasteiger partial charge in [-0.2, -0.15) is 0 Å². The van der Waals surface area contributed by atoms with Crippen LogP contribution in [0.15, 0.2) is 38.8 Å². The van der Waals surface area contributed by atoms with E-state index in [1.807, 2.05) is 4.98 Å². The molecule has 9 heteroatoms. The molecule has 1 heterocycles. The van der Waals surface area contributed by atoms with Gasteiger partial charge in [-0.25, -0.2) is 13.2 Å². The van der Waals surface area contributed by atoms with Gasteiger partial charge in [-0.05, 0) is 38.1 Å². The third-order valence-electron chi connectivity index (χ3n) is 2.89. The summed E-state index contributed by atoms with van der Waals surface area (Å²) in [5.74, 6) is -0.151. The first-order valence-electron chi connectivity index (χ1n) is 6.18. The summed E-state index contributed by atoms with van der Waals surface area (Å²) in [7, 11) is -4.17. The Kier molecular flexibility index (Phi) is 4.00. The normalized spacial score (nSPS) is 11.2. The zero-order valence-electron chi connectivity index (χ0n) is 11.8. The standard InChI is InChI=1S/C13H13N3O5S/c1-7-11(12(18)15-13(19)14-7)22(20,21)16-10-5-3-9(4-6-10)8(2)17/h3-6,16H,1-2H3,(H2,14,15,18,19). The summed E-state index contributed by atoms with van der Waals surface area (Å²) in [6.45, 7) is 2.70. The molecule has 0 saturated carbocycles. The summed E-state index contributed by atoms with van der Waals surface area (Å²) >= 11 is 0. The van der Waals surface area contributed by atoms with Gasteiger partial charge in [0.25, 0.3) is 15.6 Å². The van der Waals surface area contributed by atoms with Gasteiger partial charge in [0.15, 0.2) is 10.7 Å². The molecule has 0 radical (unpaired) electrons. The van der Waals surface area contributed by atoms with Gasteiger partial charge in [-0.15, -0.1) is 0 Å². The maximum Gasteiger partial charge on any atom is 0.325 e. The molecular formula is C13H13N3O5S. The second-order valence-corrected chi connectivity index (χ2v) is 6.22. The summed E-state index contributed by atoms with van der Waals surface area (Å²) < 4.78 is 26.7. The molecule has 0 atom stereocenters. The van der Waals surface area contributed by atoms with Crippen molar-refractivity contribution in [2.24, 2.45) is 0 Å². The van der Waals surface area contributed by atoms with Crippen molar-refractivity contribution < 1.29 is 13.2 Å². The Balaban J connectivity index is 2.42. The lowest BCUT2D eigenvalue weighted by Crippen LogP contribution is -2.31. The van der Waals surface area contributed by atoms with E-state index in [-0.39, 0.29) is 17.2 Å². The molecule has 0 fully saturated rings.